The highest BCUT2D eigenvalue weighted by Gasteiger charge is 2.38. The first-order valence-corrected chi connectivity index (χ1v) is 10.0. The van der Waals surface area contributed by atoms with Gasteiger partial charge in [0.15, 0.2) is 0 Å². The lowest BCUT2D eigenvalue weighted by Gasteiger charge is -2.20. The molecule has 3 nitrogen and oxygen atoms in total. The second-order valence-electron chi connectivity index (χ2n) is 7.80. The molecule has 0 spiro atoms. The van der Waals surface area contributed by atoms with Gasteiger partial charge in [-0.3, -0.25) is 9.36 Å². The maximum Gasteiger partial charge on any atom is 0.281 e. The zero-order chi connectivity index (χ0) is 18.6. The largest absolute Gasteiger partial charge is 0.296 e. The van der Waals surface area contributed by atoms with Gasteiger partial charge in [0.25, 0.3) is 5.56 Å². The number of rotatable bonds is 3. The summed E-state index contributed by atoms with van der Waals surface area (Å²) in [5.74, 6) is 1.35. The molecule has 4 rings (SSSR count). The second kappa shape index (κ2) is 6.05. The molecule has 1 aliphatic rings. The van der Waals surface area contributed by atoms with Gasteiger partial charge in [-0.25, -0.2) is 0 Å². The van der Waals surface area contributed by atoms with E-state index in [4.69, 9.17) is 0 Å². The third-order valence-corrected chi connectivity index (χ3v) is 6.31. The van der Waals surface area contributed by atoms with Crippen molar-refractivity contribution in [3.8, 4) is 5.69 Å². The van der Waals surface area contributed by atoms with Crippen molar-refractivity contribution in [2.24, 2.45) is 0 Å². The zero-order valence-corrected chi connectivity index (χ0v) is 17.2. The smallest absolute Gasteiger partial charge is 0.281 e. The number of benzene rings is 2. The molecule has 2 heterocycles. The van der Waals surface area contributed by atoms with E-state index in [9.17, 15) is 4.79 Å². The van der Waals surface area contributed by atoms with Crippen molar-refractivity contribution in [2.75, 3.05) is 0 Å². The molecule has 26 heavy (non-hydrogen) atoms. The van der Waals surface area contributed by atoms with E-state index in [-0.39, 0.29) is 11.0 Å². The average Bonchev–Trinajstić information content (AvgIpc) is 2.82. The Kier molecular flexibility index (Phi) is 4.07. The minimum atomic E-state index is -0.299. The molecule has 3 aromatic rings. The summed E-state index contributed by atoms with van der Waals surface area (Å²) in [6.45, 7) is 8.83. The van der Waals surface area contributed by atoms with Crippen LogP contribution in [0.5, 0.6) is 0 Å². The highest BCUT2D eigenvalue weighted by Crippen LogP contribution is 2.44. The lowest BCUT2D eigenvalue weighted by Crippen LogP contribution is -2.24. The first kappa shape index (κ1) is 17.5. The quantitative estimate of drug-likeness (QED) is 0.555. The van der Waals surface area contributed by atoms with Crippen LogP contribution in [0.1, 0.15) is 63.4 Å². The SMILES string of the molecule is CCCC(C)c1ccc2c(c1)C(C)(C)c1nc(=O)c3c(Br)cccc3n1-2. The number of aromatic nitrogens is 2. The molecule has 134 valence electrons. The van der Waals surface area contributed by atoms with Crippen LogP contribution in [0.15, 0.2) is 45.7 Å². The molecule has 2 aromatic carbocycles. The van der Waals surface area contributed by atoms with Crippen LogP contribution in [0.4, 0.5) is 0 Å². The molecule has 1 aromatic heterocycles. The Balaban J connectivity index is 2.04. The molecule has 4 heteroatoms. The molecular formula is C22H23BrN2O. The van der Waals surface area contributed by atoms with Crippen LogP contribution >= 0.6 is 15.9 Å². The topological polar surface area (TPSA) is 34.9 Å². The van der Waals surface area contributed by atoms with Crippen molar-refractivity contribution in [1.82, 2.24) is 9.55 Å². The maximum atomic E-state index is 12.7. The van der Waals surface area contributed by atoms with Crippen LogP contribution in [-0.4, -0.2) is 9.55 Å². The van der Waals surface area contributed by atoms with E-state index in [2.05, 4.69) is 71.4 Å². The molecule has 0 saturated carbocycles. The third-order valence-electron chi connectivity index (χ3n) is 5.65. The fourth-order valence-corrected chi connectivity index (χ4v) is 4.69. The number of fused-ring (bicyclic) bond motifs is 5. The maximum absolute atomic E-state index is 12.7. The van der Waals surface area contributed by atoms with Crippen LogP contribution in [0.2, 0.25) is 0 Å². The van der Waals surface area contributed by atoms with Gasteiger partial charge in [0, 0.05) is 4.47 Å². The van der Waals surface area contributed by atoms with Gasteiger partial charge in [-0.2, -0.15) is 4.98 Å². The van der Waals surface area contributed by atoms with E-state index in [1.54, 1.807) is 0 Å². The van der Waals surface area contributed by atoms with Crippen LogP contribution in [0.3, 0.4) is 0 Å². The number of nitrogens with zero attached hydrogens (tertiary/aromatic N) is 2. The zero-order valence-electron chi connectivity index (χ0n) is 15.6. The van der Waals surface area contributed by atoms with E-state index in [1.165, 1.54) is 24.0 Å². The Morgan fingerprint density at radius 3 is 2.73 bits per heavy atom. The minimum absolute atomic E-state index is 0.167. The van der Waals surface area contributed by atoms with E-state index in [0.717, 1.165) is 21.5 Å². The monoisotopic (exact) mass is 410 g/mol. The third kappa shape index (κ3) is 2.38. The van der Waals surface area contributed by atoms with Crippen molar-refractivity contribution in [2.45, 2.75) is 51.9 Å². The summed E-state index contributed by atoms with van der Waals surface area (Å²) in [4.78, 5) is 17.2. The highest BCUT2D eigenvalue weighted by molar-refractivity contribution is 9.10. The Labute approximate surface area is 162 Å². The van der Waals surface area contributed by atoms with Gasteiger partial charge in [0.1, 0.15) is 5.82 Å². The van der Waals surface area contributed by atoms with Crippen molar-refractivity contribution in [1.29, 1.82) is 0 Å². The van der Waals surface area contributed by atoms with E-state index >= 15 is 0 Å². The predicted octanol–water partition coefficient (Wildman–Crippen LogP) is 5.69. The number of hydrogen-bond acceptors (Lipinski definition) is 2. The summed E-state index contributed by atoms with van der Waals surface area (Å²) in [7, 11) is 0. The van der Waals surface area contributed by atoms with Crippen molar-refractivity contribution >= 4 is 26.8 Å². The molecule has 0 fully saturated rings. The summed E-state index contributed by atoms with van der Waals surface area (Å²) >= 11 is 3.52. The summed E-state index contributed by atoms with van der Waals surface area (Å²) in [6, 6.07) is 12.6. The Bertz CT molecular complexity index is 1080. The van der Waals surface area contributed by atoms with Crippen molar-refractivity contribution in [3.05, 3.63) is 68.2 Å². The molecule has 0 aliphatic carbocycles. The van der Waals surface area contributed by atoms with Crippen LogP contribution < -0.4 is 5.56 Å². The van der Waals surface area contributed by atoms with Crippen LogP contribution in [0.25, 0.3) is 16.6 Å². The van der Waals surface area contributed by atoms with Crippen molar-refractivity contribution in [3.63, 3.8) is 0 Å². The highest BCUT2D eigenvalue weighted by atomic mass is 79.9. The molecule has 0 radical (unpaired) electrons. The Morgan fingerprint density at radius 1 is 1.23 bits per heavy atom. The fourth-order valence-electron chi connectivity index (χ4n) is 4.17. The molecule has 0 bridgehead atoms. The van der Waals surface area contributed by atoms with E-state index in [0.29, 0.717) is 11.3 Å². The summed E-state index contributed by atoms with van der Waals surface area (Å²) < 4.78 is 2.95. The second-order valence-corrected chi connectivity index (χ2v) is 8.66. The van der Waals surface area contributed by atoms with Gasteiger partial charge >= 0.3 is 0 Å². The van der Waals surface area contributed by atoms with Crippen LogP contribution in [0, 0.1) is 0 Å². The lowest BCUT2D eigenvalue weighted by atomic mass is 9.83. The Hall–Kier alpha value is -1.94. The van der Waals surface area contributed by atoms with Crippen molar-refractivity contribution < 1.29 is 0 Å². The summed E-state index contributed by atoms with van der Waals surface area (Å²) in [6.07, 6.45) is 2.36. The molecule has 1 unspecified atom stereocenters. The van der Waals surface area contributed by atoms with Gasteiger partial charge < -0.3 is 0 Å². The summed E-state index contributed by atoms with van der Waals surface area (Å²) in [5, 5.41) is 0.642. The van der Waals surface area contributed by atoms with E-state index < -0.39 is 0 Å². The molecule has 0 N–H and O–H groups in total. The fraction of sp³-hybridized carbons (Fsp3) is 0.364. The molecule has 1 aliphatic heterocycles. The average molecular weight is 411 g/mol. The molecular weight excluding hydrogens is 388 g/mol. The normalized spacial score (nSPS) is 15.7. The number of hydrogen-bond donors (Lipinski definition) is 0. The van der Waals surface area contributed by atoms with Gasteiger partial charge in [-0.1, -0.05) is 38.5 Å². The molecule has 0 saturated heterocycles. The number of halogens is 1. The Morgan fingerprint density at radius 2 is 2.00 bits per heavy atom. The minimum Gasteiger partial charge on any atom is -0.296 e. The molecule has 1 atom stereocenters. The lowest BCUT2D eigenvalue weighted by molar-refractivity contribution is 0.607. The van der Waals surface area contributed by atoms with Gasteiger partial charge in [0.05, 0.1) is 22.0 Å². The van der Waals surface area contributed by atoms with E-state index in [1.807, 2.05) is 18.2 Å². The standard InChI is InChI=1S/C22H23BrN2O/c1-5-7-13(2)14-10-11-17-15(12-14)22(3,4)21-24-20(26)19-16(23)8-6-9-18(19)25(17)21/h6,8-13H,5,7H2,1-4H3. The first-order chi connectivity index (χ1) is 12.4. The van der Waals surface area contributed by atoms with Gasteiger partial charge in [0.2, 0.25) is 0 Å². The predicted molar refractivity (Wildman–Crippen MR) is 110 cm³/mol. The first-order valence-electron chi connectivity index (χ1n) is 9.22. The summed E-state index contributed by atoms with van der Waals surface area (Å²) in [5.41, 5.74) is 4.19. The van der Waals surface area contributed by atoms with Crippen LogP contribution in [-0.2, 0) is 5.41 Å². The van der Waals surface area contributed by atoms with Gasteiger partial charge in [-0.15, -0.1) is 0 Å². The molecule has 0 amide bonds. The van der Waals surface area contributed by atoms with Gasteiger partial charge in [-0.05, 0) is 71.4 Å².